The van der Waals surface area contributed by atoms with Crippen molar-refractivity contribution in [2.24, 2.45) is 11.3 Å². The van der Waals surface area contributed by atoms with Gasteiger partial charge in [-0.1, -0.05) is 36.4 Å². The number of ether oxygens (including phenoxy) is 6. The van der Waals surface area contributed by atoms with Crippen LogP contribution in [0.3, 0.4) is 0 Å². The van der Waals surface area contributed by atoms with Crippen molar-refractivity contribution in [1.82, 2.24) is 0 Å². The third kappa shape index (κ3) is 5.63. The first-order valence-electron chi connectivity index (χ1n) is 15.6. The van der Waals surface area contributed by atoms with Crippen molar-refractivity contribution >= 4 is 29.8 Å². The van der Waals surface area contributed by atoms with Crippen molar-refractivity contribution in [2.45, 2.75) is 95.3 Å². The Kier molecular flexibility index (Phi) is 9.19. The summed E-state index contributed by atoms with van der Waals surface area (Å²) in [5, 5.41) is 24.9. The molecule has 1 saturated heterocycles. The van der Waals surface area contributed by atoms with Gasteiger partial charge < -0.3 is 38.6 Å². The van der Waals surface area contributed by atoms with Crippen molar-refractivity contribution in [3.63, 3.8) is 0 Å². The maximum absolute atomic E-state index is 13.8. The summed E-state index contributed by atoms with van der Waals surface area (Å²) < 4.78 is 36.3. The van der Waals surface area contributed by atoms with E-state index in [4.69, 9.17) is 28.4 Å². The zero-order chi connectivity index (χ0) is 35.2. The molecule has 0 radical (unpaired) electrons. The Morgan fingerprint density at radius 1 is 0.729 bits per heavy atom. The number of esters is 5. The van der Waals surface area contributed by atoms with Gasteiger partial charge in [-0.05, 0) is 45.0 Å². The normalized spacial score (nSPS) is 34.6. The van der Waals surface area contributed by atoms with Gasteiger partial charge in [0.25, 0.3) is 0 Å². The minimum Gasteiger partial charge on any atom is -0.465 e. The van der Waals surface area contributed by atoms with Crippen LogP contribution in [-0.2, 0) is 42.8 Å². The molecule has 0 amide bonds. The molecule has 2 aliphatic carbocycles. The molecule has 13 nitrogen and oxygen atoms in total. The first-order chi connectivity index (χ1) is 22.5. The van der Waals surface area contributed by atoms with Crippen molar-refractivity contribution in [3.05, 3.63) is 71.8 Å². The van der Waals surface area contributed by atoms with Gasteiger partial charge in [0.2, 0.25) is 0 Å². The standard InChI is InChI=1S/C35H40O13/c1-19(36)43-18-34-27(44-20(2)37)24(46-30(40)22-13-9-7-10-14-22)17-33(6,42)35(34)28(45-21(3)38)25(32(4,5)48-35)26(39)29(34)47-31(41)23-15-11-8-12-16-23/h7-16,24-29,39,42H,17-18H2,1-6H3/t24-,25+,26-,27-,28+,29-,33-,34-,35-/m0/s1. The number of hydrogen-bond acceptors (Lipinski definition) is 13. The molecule has 1 heterocycles. The largest absolute Gasteiger partial charge is 0.465 e. The van der Waals surface area contributed by atoms with Crippen molar-refractivity contribution in [3.8, 4) is 0 Å². The lowest BCUT2D eigenvalue weighted by Crippen LogP contribution is -2.85. The lowest BCUT2D eigenvalue weighted by molar-refractivity contribution is -0.362. The number of fused-ring (bicyclic) bond motifs is 1. The second-order valence-electron chi connectivity index (χ2n) is 13.3. The van der Waals surface area contributed by atoms with E-state index < -0.39 is 102 Å². The fourth-order valence-corrected chi connectivity index (χ4v) is 8.09. The number of aliphatic hydroxyl groups is 2. The van der Waals surface area contributed by atoms with E-state index in [1.807, 2.05) is 0 Å². The summed E-state index contributed by atoms with van der Waals surface area (Å²) in [4.78, 5) is 65.4. The summed E-state index contributed by atoms with van der Waals surface area (Å²) in [6.07, 6.45) is -8.62. The maximum atomic E-state index is 13.8. The molecule has 9 atom stereocenters. The molecule has 3 fully saturated rings. The molecule has 48 heavy (non-hydrogen) atoms. The van der Waals surface area contributed by atoms with Crippen LogP contribution in [0.5, 0.6) is 0 Å². The summed E-state index contributed by atoms with van der Waals surface area (Å²) in [5.74, 6) is -5.39. The van der Waals surface area contributed by atoms with Gasteiger partial charge in [0, 0.05) is 27.2 Å². The first kappa shape index (κ1) is 35.0. The summed E-state index contributed by atoms with van der Waals surface area (Å²) in [6.45, 7) is 7.08. The minimum absolute atomic E-state index is 0.0923. The van der Waals surface area contributed by atoms with Crippen LogP contribution in [0.2, 0.25) is 0 Å². The Hall–Kier alpha value is -4.33. The Balaban J connectivity index is 1.81. The van der Waals surface area contributed by atoms with Crippen LogP contribution in [0.4, 0.5) is 0 Å². The Bertz CT molecular complexity index is 1570. The molecule has 2 bridgehead atoms. The van der Waals surface area contributed by atoms with Crippen LogP contribution < -0.4 is 0 Å². The average Bonchev–Trinajstić information content (AvgIpc) is 3.22. The molecule has 2 N–H and O–H groups in total. The molecule has 1 aliphatic heterocycles. The van der Waals surface area contributed by atoms with Crippen LogP contribution in [-0.4, -0.2) is 94.0 Å². The molecular weight excluding hydrogens is 628 g/mol. The van der Waals surface area contributed by atoms with Gasteiger partial charge in [0.15, 0.2) is 11.7 Å². The van der Waals surface area contributed by atoms with Crippen LogP contribution in [0.15, 0.2) is 60.7 Å². The summed E-state index contributed by atoms with van der Waals surface area (Å²) in [5.41, 5.74) is -7.79. The first-order valence-corrected chi connectivity index (χ1v) is 15.6. The van der Waals surface area contributed by atoms with E-state index in [1.165, 1.54) is 31.2 Å². The number of benzene rings is 2. The van der Waals surface area contributed by atoms with Gasteiger partial charge in [0.05, 0.1) is 28.2 Å². The lowest BCUT2D eigenvalue weighted by atomic mass is 9.45. The van der Waals surface area contributed by atoms with Gasteiger partial charge in [-0.15, -0.1) is 0 Å². The highest BCUT2D eigenvalue weighted by atomic mass is 16.6. The summed E-state index contributed by atoms with van der Waals surface area (Å²) in [7, 11) is 0. The maximum Gasteiger partial charge on any atom is 0.338 e. The van der Waals surface area contributed by atoms with Crippen molar-refractivity contribution < 1.29 is 62.6 Å². The van der Waals surface area contributed by atoms with Gasteiger partial charge in [-0.3, -0.25) is 14.4 Å². The molecule has 2 aromatic carbocycles. The van der Waals surface area contributed by atoms with E-state index >= 15 is 0 Å². The van der Waals surface area contributed by atoms with Crippen LogP contribution in [0.25, 0.3) is 0 Å². The number of aliphatic hydroxyl groups excluding tert-OH is 1. The Labute approximate surface area is 277 Å². The Morgan fingerprint density at radius 2 is 1.23 bits per heavy atom. The van der Waals surface area contributed by atoms with E-state index in [0.29, 0.717) is 0 Å². The molecule has 2 saturated carbocycles. The highest BCUT2D eigenvalue weighted by molar-refractivity contribution is 5.90. The van der Waals surface area contributed by atoms with Gasteiger partial charge in [-0.2, -0.15) is 0 Å². The highest BCUT2D eigenvalue weighted by Crippen LogP contribution is 2.69. The zero-order valence-electron chi connectivity index (χ0n) is 27.5. The molecule has 0 aromatic heterocycles. The predicted molar refractivity (Wildman–Crippen MR) is 164 cm³/mol. The van der Waals surface area contributed by atoms with E-state index in [9.17, 15) is 34.2 Å². The molecule has 2 aromatic rings. The molecular formula is C35H40O13. The second-order valence-corrected chi connectivity index (χ2v) is 13.3. The van der Waals surface area contributed by atoms with Gasteiger partial charge in [-0.25, -0.2) is 9.59 Å². The number of rotatable bonds is 8. The molecule has 1 spiro atoms. The Morgan fingerprint density at radius 3 is 1.73 bits per heavy atom. The zero-order valence-corrected chi connectivity index (χ0v) is 27.5. The number of carbonyl (C=O) groups excluding carboxylic acids is 5. The minimum atomic E-state index is -2.26. The van der Waals surface area contributed by atoms with Crippen LogP contribution >= 0.6 is 0 Å². The second kappa shape index (κ2) is 12.6. The lowest BCUT2D eigenvalue weighted by Gasteiger charge is -2.66. The number of hydrogen-bond donors (Lipinski definition) is 2. The quantitative estimate of drug-likeness (QED) is 0.310. The summed E-state index contributed by atoms with van der Waals surface area (Å²) >= 11 is 0. The average molecular weight is 669 g/mol. The SMILES string of the molecule is CC(=O)OC[C@]12[C@@H](OC(=O)c3ccccc3)[C@@H](O)[C@@H]3[C@@H](OC(C)=O)[C@]1(OC3(C)C)[C@@](C)(O)C[C@H](OC(=O)c1ccccc1)[C@@H]2OC(C)=O. The molecule has 5 rings (SSSR count). The van der Waals surface area contributed by atoms with Crippen molar-refractivity contribution in [1.29, 1.82) is 0 Å². The smallest absolute Gasteiger partial charge is 0.338 e. The van der Waals surface area contributed by atoms with E-state index in [2.05, 4.69) is 0 Å². The highest BCUT2D eigenvalue weighted by Gasteiger charge is 2.88. The molecule has 3 aliphatic rings. The monoisotopic (exact) mass is 668 g/mol. The van der Waals surface area contributed by atoms with Crippen molar-refractivity contribution in [2.75, 3.05) is 6.61 Å². The predicted octanol–water partition coefficient (Wildman–Crippen LogP) is 2.54. The molecule has 0 unspecified atom stereocenters. The van der Waals surface area contributed by atoms with Crippen LogP contribution in [0.1, 0.15) is 68.7 Å². The third-order valence-corrected chi connectivity index (χ3v) is 9.69. The topological polar surface area (TPSA) is 181 Å². The van der Waals surface area contributed by atoms with Crippen LogP contribution in [0, 0.1) is 11.3 Å². The number of carbonyl (C=O) groups is 5. The fraction of sp³-hybridized carbons (Fsp3) is 0.514. The molecule has 258 valence electrons. The fourth-order valence-electron chi connectivity index (χ4n) is 8.09. The van der Waals surface area contributed by atoms with Gasteiger partial charge in [0.1, 0.15) is 36.4 Å². The van der Waals surface area contributed by atoms with E-state index in [0.717, 1.165) is 20.8 Å². The van der Waals surface area contributed by atoms with E-state index in [-0.39, 0.29) is 11.1 Å². The van der Waals surface area contributed by atoms with Gasteiger partial charge >= 0.3 is 29.8 Å². The third-order valence-electron chi connectivity index (χ3n) is 9.69. The summed E-state index contributed by atoms with van der Waals surface area (Å²) in [6, 6.07) is 15.8. The van der Waals surface area contributed by atoms with E-state index in [1.54, 1.807) is 50.2 Å². The molecule has 13 heteroatoms.